The molecular weight excluding hydrogens is 320 g/mol. The molecule has 0 saturated heterocycles. The first-order valence-corrected chi connectivity index (χ1v) is 8.04. The molecule has 25 heavy (non-hydrogen) atoms. The third kappa shape index (κ3) is 5.10. The Morgan fingerprint density at radius 2 is 2.00 bits per heavy atom. The van der Waals surface area contributed by atoms with Crippen LogP contribution >= 0.6 is 0 Å². The van der Waals surface area contributed by atoms with E-state index in [1.54, 1.807) is 43.3 Å². The summed E-state index contributed by atoms with van der Waals surface area (Å²) in [5.74, 6) is 0.906. The van der Waals surface area contributed by atoms with E-state index in [1.807, 2.05) is 19.9 Å². The Hall–Kier alpha value is -2.78. The van der Waals surface area contributed by atoms with Crippen molar-refractivity contribution < 1.29 is 19.1 Å². The van der Waals surface area contributed by atoms with Crippen LogP contribution in [-0.4, -0.2) is 23.2 Å². The van der Waals surface area contributed by atoms with E-state index < -0.39 is 5.60 Å². The number of furan rings is 1. The molecule has 0 bridgehead atoms. The van der Waals surface area contributed by atoms with Crippen molar-refractivity contribution in [3.05, 3.63) is 53.5 Å². The van der Waals surface area contributed by atoms with E-state index in [1.165, 1.54) is 0 Å². The Bertz CT molecular complexity index is 754. The zero-order valence-corrected chi connectivity index (χ0v) is 14.6. The lowest BCUT2D eigenvalue weighted by Gasteiger charge is -2.27. The minimum absolute atomic E-state index is 0.0146. The lowest BCUT2D eigenvalue weighted by atomic mass is 9.92. The number of ether oxygens (including phenoxy) is 1. The van der Waals surface area contributed by atoms with Crippen molar-refractivity contribution in [2.75, 3.05) is 6.54 Å². The Balaban J connectivity index is 1.88. The number of hydrogen-bond acceptors (Lipinski definition) is 5. The molecule has 1 aromatic heterocycles. The number of nitrogens with zero attached hydrogens (tertiary/aromatic N) is 1. The highest BCUT2D eigenvalue weighted by molar-refractivity contribution is 5.91. The molecule has 0 fully saturated rings. The molecule has 0 radical (unpaired) electrons. The second-order valence-corrected chi connectivity index (χ2v) is 6.39. The van der Waals surface area contributed by atoms with Gasteiger partial charge in [-0.3, -0.25) is 4.79 Å². The Labute approximate surface area is 147 Å². The van der Waals surface area contributed by atoms with Gasteiger partial charge < -0.3 is 19.6 Å². The molecule has 132 valence electrons. The number of carbonyl (C=O) groups is 1. The molecule has 6 nitrogen and oxygen atoms in total. The van der Waals surface area contributed by atoms with Crippen LogP contribution in [0, 0.1) is 17.2 Å². The first-order valence-electron chi connectivity index (χ1n) is 8.04. The third-order valence-electron chi connectivity index (χ3n) is 4.10. The molecule has 2 aromatic rings. The van der Waals surface area contributed by atoms with Crippen molar-refractivity contribution in [3.8, 4) is 11.8 Å². The summed E-state index contributed by atoms with van der Waals surface area (Å²) in [4.78, 5) is 12.1. The van der Waals surface area contributed by atoms with E-state index in [9.17, 15) is 9.90 Å². The molecule has 1 unspecified atom stereocenters. The quantitative estimate of drug-likeness (QED) is 0.806. The van der Waals surface area contributed by atoms with Crippen LogP contribution in [0.15, 0.2) is 40.8 Å². The van der Waals surface area contributed by atoms with Gasteiger partial charge >= 0.3 is 0 Å². The van der Waals surface area contributed by atoms with Gasteiger partial charge in [-0.2, -0.15) is 5.26 Å². The van der Waals surface area contributed by atoms with E-state index in [0.29, 0.717) is 17.1 Å². The van der Waals surface area contributed by atoms with Crippen LogP contribution in [0.3, 0.4) is 0 Å². The van der Waals surface area contributed by atoms with Crippen LogP contribution in [0.5, 0.6) is 5.75 Å². The zero-order chi connectivity index (χ0) is 18.4. The maximum absolute atomic E-state index is 12.1. The molecule has 1 heterocycles. The minimum Gasteiger partial charge on any atom is -0.486 e. The fraction of sp³-hybridized carbons (Fsp3) is 0.368. The van der Waals surface area contributed by atoms with E-state index >= 15 is 0 Å². The zero-order valence-electron chi connectivity index (χ0n) is 14.6. The Kier molecular flexibility index (Phi) is 5.84. The number of nitrogens with one attached hydrogen (secondary N) is 1. The SMILES string of the molecule is CC(C)C(C)(O)CNC(=O)c1ccc(COc2ccc(C#N)cc2)o1. The minimum atomic E-state index is -0.982. The largest absolute Gasteiger partial charge is 0.486 e. The van der Waals surface area contributed by atoms with Gasteiger partial charge in [0.1, 0.15) is 18.1 Å². The number of hydrogen-bond donors (Lipinski definition) is 2. The number of amides is 1. The molecule has 0 aliphatic rings. The summed E-state index contributed by atoms with van der Waals surface area (Å²) in [5.41, 5.74) is -0.425. The first-order chi connectivity index (χ1) is 11.8. The number of benzene rings is 1. The smallest absolute Gasteiger partial charge is 0.287 e. The van der Waals surface area contributed by atoms with Gasteiger partial charge in [-0.15, -0.1) is 0 Å². The normalized spacial score (nSPS) is 13.1. The second kappa shape index (κ2) is 7.86. The third-order valence-corrected chi connectivity index (χ3v) is 4.10. The summed E-state index contributed by atoms with van der Waals surface area (Å²) >= 11 is 0. The highest BCUT2D eigenvalue weighted by Gasteiger charge is 2.26. The molecule has 2 N–H and O–H groups in total. The van der Waals surface area contributed by atoms with Crippen LogP contribution in [0.25, 0.3) is 0 Å². The summed E-state index contributed by atoms with van der Waals surface area (Å²) < 4.78 is 11.0. The maximum atomic E-state index is 12.1. The predicted molar refractivity (Wildman–Crippen MR) is 92.0 cm³/mol. The topological polar surface area (TPSA) is 95.5 Å². The molecule has 2 rings (SSSR count). The van der Waals surface area contributed by atoms with E-state index in [0.717, 1.165) is 0 Å². The van der Waals surface area contributed by atoms with Crippen molar-refractivity contribution in [3.63, 3.8) is 0 Å². The lowest BCUT2D eigenvalue weighted by Crippen LogP contribution is -2.44. The van der Waals surface area contributed by atoms with Crippen LogP contribution in [0.4, 0.5) is 0 Å². The molecule has 0 saturated carbocycles. The molecule has 6 heteroatoms. The first kappa shape index (κ1) is 18.6. The van der Waals surface area contributed by atoms with Crippen molar-refractivity contribution in [2.45, 2.75) is 33.0 Å². The Morgan fingerprint density at radius 1 is 1.32 bits per heavy atom. The predicted octanol–water partition coefficient (Wildman–Crippen LogP) is 2.87. The summed E-state index contributed by atoms with van der Waals surface area (Å²) in [7, 11) is 0. The summed E-state index contributed by atoms with van der Waals surface area (Å²) in [6.45, 7) is 5.76. The fourth-order valence-electron chi connectivity index (χ4n) is 1.91. The van der Waals surface area contributed by atoms with E-state index in [2.05, 4.69) is 5.32 Å². The molecular formula is C19H22N2O4. The Morgan fingerprint density at radius 3 is 2.60 bits per heavy atom. The van der Waals surface area contributed by atoms with Gasteiger partial charge in [-0.05, 0) is 49.2 Å². The number of rotatable bonds is 7. The van der Waals surface area contributed by atoms with Gasteiger partial charge in [0.2, 0.25) is 0 Å². The summed E-state index contributed by atoms with van der Waals surface area (Å²) in [6.07, 6.45) is 0. The number of carbonyl (C=O) groups excluding carboxylic acids is 1. The fourth-order valence-corrected chi connectivity index (χ4v) is 1.91. The molecule has 1 atom stereocenters. The molecule has 0 aliphatic heterocycles. The van der Waals surface area contributed by atoms with Crippen molar-refractivity contribution in [1.29, 1.82) is 5.26 Å². The molecule has 1 amide bonds. The van der Waals surface area contributed by atoms with Gasteiger partial charge in [0.25, 0.3) is 5.91 Å². The highest BCUT2D eigenvalue weighted by Crippen LogP contribution is 2.17. The molecule has 0 aliphatic carbocycles. The average Bonchev–Trinajstić information content (AvgIpc) is 3.07. The van der Waals surface area contributed by atoms with Crippen LogP contribution in [-0.2, 0) is 6.61 Å². The van der Waals surface area contributed by atoms with Crippen molar-refractivity contribution in [2.24, 2.45) is 5.92 Å². The standard InChI is InChI=1S/C19H22N2O4/c1-13(2)19(3,23)12-21-18(22)17-9-8-16(25-17)11-24-15-6-4-14(10-20)5-7-15/h4-9,13,23H,11-12H2,1-3H3,(H,21,22). The second-order valence-electron chi connectivity index (χ2n) is 6.39. The number of aliphatic hydroxyl groups is 1. The van der Waals surface area contributed by atoms with Crippen LogP contribution in [0.2, 0.25) is 0 Å². The van der Waals surface area contributed by atoms with Gasteiger partial charge in [-0.25, -0.2) is 0 Å². The van der Waals surface area contributed by atoms with Gasteiger partial charge in [0, 0.05) is 6.54 Å². The van der Waals surface area contributed by atoms with Crippen LogP contribution < -0.4 is 10.1 Å². The number of nitriles is 1. The molecule has 1 aromatic carbocycles. The summed E-state index contributed by atoms with van der Waals surface area (Å²) in [6, 6.07) is 12.0. The maximum Gasteiger partial charge on any atom is 0.287 e. The highest BCUT2D eigenvalue weighted by atomic mass is 16.5. The summed E-state index contributed by atoms with van der Waals surface area (Å²) in [5, 5.41) is 21.6. The average molecular weight is 342 g/mol. The van der Waals surface area contributed by atoms with E-state index in [-0.39, 0.29) is 30.7 Å². The lowest BCUT2D eigenvalue weighted by molar-refractivity contribution is 0.0139. The van der Waals surface area contributed by atoms with Crippen LogP contribution in [0.1, 0.15) is 42.6 Å². The van der Waals surface area contributed by atoms with E-state index in [4.69, 9.17) is 14.4 Å². The van der Waals surface area contributed by atoms with Gasteiger partial charge in [0.15, 0.2) is 5.76 Å². The molecule has 0 spiro atoms. The van der Waals surface area contributed by atoms with Gasteiger partial charge in [-0.1, -0.05) is 13.8 Å². The van der Waals surface area contributed by atoms with Gasteiger partial charge in [0.05, 0.1) is 17.2 Å². The van der Waals surface area contributed by atoms with Crippen molar-refractivity contribution >= 4 is 5.91 Å². The van der Waals surface area contributed by atoms with Crippen molar-refractivity contribution in [1.82, 2.24) is 5.32 Å². The monoisotopic (exact) mass is 342 g/mol.